The largest absolute Gasteiger partial charge is 0.381 e. The molecule has 0 radical (unpaired) electrons. The highest BCUT2D eigenvalue weighted by Crippen LogP contribution is 2.18. The fourth-order valence-electron chi connectivity index (χ4n) is 3.90. The molecule has 1 aromatic carbocycles. The van der Waals surface area contributed by atoms with E-state index in [9.17, 15) is 0 Å². The summed E-state index contributed by atoms with van der Waals surface area (Å²) in [5.74, 6) is 1.67. The van der Waals surface area contributed by atoms with E-state index in [-0.39, 0.29) is 0 Å². The van der Waals surface area contributed by atoms with Crippen molar-refractivity contribution in [2.75, 3.05) is 53.0 Å². The van der Waals surface area contributed by atoms with E-state index in [0.717, 1.165) is 58.3 Å². The van der Waals surface area contributed by atoms with Crippen LogP contribution in [0, 0.1) is 5.92 Å². The zero-order chi connectivity index (χ0) is 18.2. The standard InChI is InChI=1S/C21H34N4O/c1-3-22-21(24(2)15-18-10-14-26-17-18)23-11-6-12-25-13-9-19-7-4-5-8-20(19)16-25/h4-5,7-8,18H,3,6,9-17H2,1-2H3,(H,22,23). The van der Waals surface area contributed by atoms with Gasteiger partial charge in [-0.15, -0.1) is 0 Å². The van der Waals surface area contributed by atoms with Crippen molar-refractivity contribution in [3.05, 3.63) is 35.4 Å². The molecule has 1 unspecified atom stereocenters. The number of guanidine groups is 1. The van der Waals surface area contributed by atoms with Gasteiger partial charge in [-0.3, -0.25) is 9.89 Å². The lowest BCUT2D eigenvalue weighted by atomic mass is 10.00. The van der Waals surface area contributed by atoms with Crippen LogP contribution < -0.4 is 5.32 Å². The first-order chi connectivity index (χ1) is 12.8. The molecule has 1 N–H and O–H groups in total. The van der Waals surface area contributed by atoms with Gasteiger partial charge >= 0.3 is 0 Å². The highest BCUT2D eigenvalue weighted by atomic mass is 16.5. The summed E-state index contributed by atoms with van der Waals surface area (Å²) in [6, 6.07) is 8.84. The first-order valence-electron chi connectivity index (χ1n) is 10.1. The highest BCUT2D eigenvalue weighted by molar-refractivity contribution is 5.79. The number of hydrogen-bond acceptors (Lipinski definition) is 3. The fourth-order valence-corrected chi connectivity index (χ4v) is 3.90. The maximum Gasteiger partial charge on any atom is 0.193 e. The van der Waals surface area contributed by atoms with Crippen LogP contribution >= 0.6 is 0 Å². The molecule has 0 spiro atoms. The molecule has 3 rings (SSSR count). The van der Waals surface area contributed by atoms with Crippen LogP contribution in [0.3, 0.4) is 0 Å². The van der Waals surface area contributed by atoms with Gasteiger partial charge in [-0.2, -0.15) is 0 Å². The summed E-state index contributed by atoms with van der Waals surface area (Å²) >= 11 is 0. The summed E-state index contributed by atoms with van der Waals surface area (Å²) in [6.45, 7) is 10.1. The van der Waals surface area contributed by atoms with Crippen LogP contribution in [0.2, 0.25) is 0 Å². The minimum Gasteiger partial charge on any atom is -0.381 e. The lowest BCUT2D eigenvalue weighted by Gasteiger charge is -2.28. The van der Waals surface area contributed by atoms with Gasteiger partial charge in [0.05, 0.1) is 6.61 Å². The van der Waals surface area contributed by atoms with Gasteiger partial charge in [0.2, 0.25) is 0 Å². The zero-order valence-electron chi connectivity index (χ0n) is 16.4. The van der Waals surface area contributed by atoms with Gasteiger partial charge in [-0.05, 0) is 37.3 Å². The van der Waals surface area contributed by atoms with Crippen LogP contribution in [0.25, 0.3) is 0 Å². The number of nitrogens with zero attached hydrogens (tertiary/aromatic N) is 3. The Labute approximate surface area is 158 Å². The summed E-state index contributed by atoms with van der Waals surface area (Å²) in [6.07, 6.45) is 3.45. The molecular formula is C21H34N4O. The van der Waals surface area contributed by atoms with E-state index < -0.39 is 0 Å². The van der Waals surface area contributed by atoms with Gasteiger partial charge in [0, 0.05) is 58.8 Å². The Balaban J connectivity index is 1.43. The summed E-state index contributed by atoms with van der Waals surface area (Å²) in [4.78, 5) is 9.67. The molecule has 0 amide bonds. The van der Waals surface area contributed by atoms with Crippen LogP contribution in [0.1, 0.15) is 30.9 Å². The van der Waals surface area contributed by atoms with Crippen molar-refractivity contribution in [2.45, 2.75) is 32.7 Å². The van der Waals surface area contributed by atoms with Crippen molar-refractivity contribution >= 4 is 5.96 Å². The summed E-state index contributed by atoms with van der Waals surface area (Å²) in [5, 5.41) is 3.43. The average Bonchev–Trinajstić information content (AvgIpc) is 3.17. The molecule has 1 aromatic rings. The second kappa shape index (κ2) is 9.93. The Bertz CT molecular complexity index is 583. The predicted octanol–water partition coefficient (Wildman–Crippen LogP) is 2.37. The Kier molecular flexibility index (Phi) is 7.32. The topological polar surface area (TPSA) is 40.1 Å². The fraction of sp³-hybridized carbons (Fsp3) is 0.667. The first-order valence-corrected chi connectivity index (χ1v) is 10.1. The van der Waals surface area contributed by atoms with Crippen molar-refractivity contribution < 1.29 is 4.74 Å². The van der Waals surface area contributed by atoms with Crippen LogP contribution in [0.15, 0.2) is 29.3 Å². The Morgan fingerprint density at radius 3 is 2.96 bits per heavy atom. The van der Waals surface area contributed by atoms with Crippen molar-refractivity contribution in [3.8, 4) is 0 Å². The molecule has 144 valence electrons. The van der Waals surface area contributed by atoms with Crippen LogP contribution in [0.5, 0.6) is 0 Å². The maximum atomic E-state index is 5.50. The molecule has 2 aliphatic heterocycles. The number of nitrogens with one attached hydrogen (secondary N) is 1. The van der Waals surface area contributed by atoms with E-state index in [0.29, 0.717) is 5.92 Å². The molecular weight excluding hydrogens is 324 g/mol. The Morgan fingerprint density at radius 2 is 2.19 bits per heavy atom. The van der Waals surface area contributed by atoms with Crippen LogP contribution in [-0.2, 0) is 17.7 Å². The van der Waals surface area contributed by atoms with Crippen molar-refractivity contribution in [3.63, 3.8) is 0 Å². The Morgan fingerprint density at radius 1 is 1.35 bits per heavy atom. The lowest BCUT2D eigenvalue weighted by Crippen LogP contribution is -2.41. The molecule has 2 heterocycles. The molecule has 5 heteroatoms. The van der Waals surface area contributed by atoms with Gasteiger partial charge < -0.3 is 15.0 Å². The monoisotopic (exact) mass is 358 g/mol. The molecule has 26 heavy (non-hydrogen) atoms. The number of aliphatic imine (C=N–C) groups is 1. The third-order valence-corrected chi connectivity index (χ3v) is 5.36. The molecule has 1 atom stereocenters. The van der Waals surface area contributed by atoms with Gasteiger partial charge in [0.1, 0.15) is 0 Å². The number of hydrogen-bond donors (Lipinski definition) is 1. The van der Waals surface area contributed by atoms with Crippen LogP contribution in [-0.4, -0.2) is 68.7 Å². The van der Waals surface area contributed by atoms with Crippen LogP contribution in [0.4, 0.5) is 0 Å². The number of rotatable bonds is 7. The van der Waals surface area contributed by atoms with Gasteiger partial charge in [-0.1, -0.05) is 24.3 Å². The van der Waals surface area contributed by atoms with E-state index in [4.69, 9.17) is 9.73 Å². The quantitative estimate of drug-likeness (QED) is 0.461. The first kappa shape index (κ1) is 19.2. The molecule has 0 aliphatic carbocycles. The van der Waals surface area contributed by atoms with E-state index in [1.165, 1.54) is 30.5 Å². The highest BCUT2D eigenvalue weighted by Gasteiger charge is 2.19. The minimum atomic E-state index is 0.636. The summed E-state index contributed by atoms with van der Waals surface area (Å²) < 4.78 is 5.50. The lowest BCUT2D eigenvalue weighted by molar-refractivity contribution is 0.181. The SMILES string of the molecule is CCNC(=NCCCN1CCc2ccccc2C1)N(C)CC1CCOC1. The van der Waals surface area contributed by atoms with E-state index in [2.05, 4.69) is 53.4 Å². The number of fused-ring (bicyclic) bond motifs is 1. The average molecular weight is 359 g/mol. The second-order valence-electron chi connectivity index (χ2n) is 7.49. The third kappa shape index (κ3) is 5.45. The minimum absolute atomic E-state index is 0.636. The molecule has 0 saturated carbocycles. The molecule has 0 aromatic heterocycles. The zero-order valence-corrected chi connectivity index (χ0v) is 16.4. The normalized spacial score (nSPS) is 20.8. The summed E-state index contributed by atoms with van der Waals surface area (Å²) in [7, 11) is 2.14. The van der Waals surface area contributed by atoms with Gasteiger partial charge in [-0.25, -0.2) is 0 Å². The third-order valence-electron chi connectivity index (χ3n) is 5.36. The number of benzene rings is 1. The molecule has 5 nitrogen and oxygen atoms in total. The van der Waals surface area contributed by atoms with Gasteiger partial charge in [0.15, 0.2) is 5.96 Å². The van der Waals surface area contributed by atoms with E-state index >= 15 is 0 Å². The molecule has 1 saturated heterocycles. The molecule has 0 bridgehead atoms. The number of ether oxygens (including phenoxy) is 1. The van der Waals surface area contributed by atoms with Crippen molar-refractivity contribution in [2.24, 2.45) is 10.9 Å². The Hall–Kier alpha value is -1.59. The van der Waals surface area contributed by atoms with Crippen molar-refractivity contribution in [1.82, 2.24) is 15.1 Å². The summed E-state index contributed by atoms with van der Waals surface area (Å²) in [5.41, 5.74) is 3.02. The van der Waals surface area contributed by atoms with E-state index in [1.54, 1.807) is 0 Å². The predicted molar refractivity (Wildman–Crippen MR) is 108 cm³/mol. The molecule has 1 fully saturated rings. The van der Waals surface area contributed by atoms with E-state index in [1.807, 2.05) is 0 Å². The molecule has 2 aliphatic rings. The van der Waals surface area contributed by atoms with Crippen molar-refractivity contribution in [1.29, 1.82) is 0 Å². The van der Waals surface area contributed by atoms with Gasteiger partial charge in [0.25, 0.3) is 0 Å². The maximum absolute atomic E-state index is 5.50. The smallest absolute Gasteiger partial charge is 0.193 e. The second-order valence-corrected chi connectivity index (χ2v) is 7.49.